The van der Waals surface area contributed by atoms with Gasteiger partial charge in [0.15, 0.2) is 5.58 Å². The first kappa shape index (κ1) is 32.0. The number of aromatic nitrogens is 1. The maximum atomic E-state index is 6.71. The number of rotatable bonds is 6. The fourth-order valence-electron chi connectivity index (χ4n) is 7.34. The van der Waals surface area contributed by atoms with Gasteiger partial charge in [0.05, 0.1) is 10.9 Å². The third kappa shape index (κ3) is 6.00. The lowest BCUT2D eigenvalue weighted by atomic mass is 9.89. The minimum atomic E-state index is 0.0696. The van der Waals surface area contributed by atoms with Gasteiger partial charge in [-0.25, -0.2) is 0 Å². The van der Waals surface area contributed by atoms with Crippen molar-refractivity contribution in [2.45, 2.75) is 18.8 Å². The van der Waals surface area contributed by atoms with E-state index in [0.29, 0.717) is 0 Å². The summed E-state index contributed by atoms with van der Waals surface area (Å²) in [5.41, 5.74) is 10.5. The average molecular weight is 664 g/mol. The van der Waals surface area contributed by atoms with Gasteiger partial charge in [-0.3, -0.25) is 0 Å². The van der Waals surface area contributed by atoms with E-state index in [1.807, 2.05) is 19.2 Å². The molecule has 2 aromatic heterocycles. The zero-order valence-corrected chi connectivity index (χ0v) is 29.1. The van der Waals surface area contributed by atoms with Crippen LogP contribution in [0.25, 0.3) is 56.9 Å². The van der Waals surface area contributed by atoms with Crippen molar-refractivity contribution in [2.75, 3.05) is 19.4 Å². The molecule has 1 atom stereocenters. The second-order valence-electron chi connectivity index (χ2n) is 13.2. The van der Waals surface area contributed by atoms with Gasteiger partial charge in [-0.15, -0.1) is 0 Å². The molecule has 0 radical (unpaired) electrons. The summed E-state index contributed by atoms with van der Waals surface area (Å²) in [5, 5.41) is 8.85. The van der Waals surface area contributed by atoms with Gasteiger partial charge >= 0.3 is 0 Å². The molecule has 5 aromatic carbocycles. The monoisotopic (exact) mass is 663 g/mol. The highest BCUT2D eigenvalue weighted by Gasteiger charge is 2.19. The van der Waals surface area contributed by atoms with Crippen LogP contribution in [0.2, 0.25) is 0 Å². The molecule has 0 fully saturated rings. The zero-order chi connectivity index (χ0) is 34.9. The van der Waals surface area contributed by atoms with Crippen molar-refractivity contribution in [1.82, 2.24) is 9.47 Å². The van der Waals surface area contributed by atoms with E-state index in [1.165, 1.54) is 11.1 Å². The second-order valence-corrected chi connectivity index (χ2v) is 13.2. The molecule has 1 aliphatic heterocycles. The molecule has 7 aromatic rings. The van der Waals surface area contributed by atoms with Gasteiger partial charge in [-0.1, -0.05) is 116 Å². The molecular weight excluding hydrogens is 623 g/mol. The Balaban J connectivity index is 1.38. The molecule has 4 nitrogen and oxygen atoms in total. The first-order valence-corrected chi connectivity index (χ1v) is 17.5. The van der Waals surface area contributed by atoms with E-state index in [9.17, 15) is 0 Å². The Morgan fingerprint density at radius 1 is 0.824 bits per heavy atom. The molecule has 51 heavy (non-hydrogen) atoms. The van der Waals surface area contributed by atoms with Crippen molar-refractivity contribution in [1.29, 1.82) is 0 Å². The number of hydrogen-bond acceptors (Lipinski definition) is 3. The smallest absolute Gasteiger partial charge is 0.160 e. The maximum Gasteiger partial charge on any atom is 0.160 e. The second kappa shape index (κ2) is 13.6. The van der Waals surface area contributed by atoms with Crippen LogP contribution in [0.4, 0.5) is 5.69 Å². The van der Waals surface area contributed by atoms with Crippen LogP contribution in [-0.2, 0) is 0 Å². The van der Waals surface area contributed by atoms with Gasteiger partial charge in [0.2, 0.25) is 0 Å². The number of anilines is 1. The molecular formula is C47H41N3O. The largest absolute Gasteiger partial charge is 0.454 e. The summed E-state index contributed by atoms with van der Waals surface area (Å²) in [7, 11) is 4.07. The van der Waals surface area contributed by atoms with Crippen LogP contribution in [0.15, 0.2) is 162 Å². The number of fused-ring (bicyclic) bond motifs is 7. The molecule has 0 aliphatic carbocycles. The van der Waals surface area contributed by atoms with Gasteiger partial charge in [0.25, 0.3) is 0 Å². The molecule has 1 aliphatic rings. The quantitative estimate of drug-likeness (QED) is 0.192. The lowest BCUT2D eigenvalue weighted by Crippen LogP contribution is -2.31. The number of para-hydroxylation sites is 2. The van der Waals surface area contributed by atoms with Crippen LogP contribution >= 0.6 is 0 Å². The number of nitrogens with zero attached hydrogens (tertiary/aromatic N) is 2. The topological polar surface area (TPSA) is 33.3 Å². The van der Waals surface area contributed by atoms with Crippen molar-refractivity contribution in [3.8, 4) is 5.69 Å². The highest BCUT2D eigenvalue weighted by atomic mass is 16.3. The molecule has 250 valence electrons. The molecule has 0 saturated carbocycles. The molecule has 0 saturated heterocycles. The Kier molecular flexibility index (Phi) is 8.51. The van der Waals surface area contributed by atoms with Crippen molar-refractivity contribution < 1.29 is 4.42 Å². The van der Waals surface area contributed by atoms with Crippen LogP contribution in [0.5, 0.6) is 0 Å². The number of nitrogens with one attached hydrogen (secondary N) is 1. The molecule has 0 amide bonds. The summed E-state index contributed by atoms with van der Waals surface area (Å²) < 4.78 is 9.06. The van der Waals surface area contributed by atoms with Crippen LogP contribution in [0, 0.1) is 0 Å². The van der Waals surface area contributed by atoms with E-state index < -0.39 is 0 Å². The highest BCUT2D eigenvalue weighted by Crippen LogP contribution is 2.35. The fourth-order valence-corrected chi connectivity index (χ4v) is 7.34. The fraction of sp³-hybridized carbons (Fsp3) is 0.106. The molecule has 3 heterocycles. The SMILES string of the molecule is C=C1/C=c2\c(n(-c3cccc(C=CC(c4ccccc4)c4ccccc4NC)c3)c3c2ccc2c4ccccc4oc23)=C/N(C)/C=C\CCC1=C. The van der Waals surface area contributed by atoms with E-state index >= 15 is 0 Å². The Morgan fingerprint density at radius 3 is 2.47 bits per heavy atom. The summed E-state index contributed by atoms with van der Waals surface area (Å²) >= 11 is 0. The number of benzene rings is 5. The minimum Gasteiger partial charge on any atom is -0.454 e. The first-order valence-electron chi connectivity index (χ1n) is 17.5. The summed E-state index contributed by atoms with van der Waals surface area (Å²) in [4.78, 5) is 2.14. The van der Waals surface area contributed by atoms with E-state index in [-0.39, 0.29) is 5.92 Å². The van der Waals surface area contributed by atoms with Gasteiger partial charge in [-0.05, 0) is 83.3 Å². The van der Waals surface area contributed by atoms with E-state index in [1.54, 1.807) is 0 Å². The molecule has 8 rings (SSSR count). The third-order valence-corrected chi connectivity index (χ3v) is 9.94. The van der Waals surface area contributed by atoms with Crippen molar-refractivity contribution in [3.05, 3.63) is 185 Å². The number of allylic oxidation sites excluding steroid dienone is 4. The lowest BCUT2D eigenvalue weighted by molar-refractivity contribution is 0.667. The first-order chi connectivity index (χ1) is 25.0. The van der Waals surface area contributed by atoms with Gasteiger partial charge in [0.1, 0.15) is 5.58 Å². The van der Waals surface area contributed by atoms with E-state index in [4.69, 9.17) is 4.42 Å². The summed E-state index contributed by atoms with van der Waals surface area (Å²) in [6.45, 7) is 8.86. The average Bonchev–Trinajstić information content (AvgIpc) is 3.68. The Bertz CT molecular complexity index is 2630. The van der Waals surface area contributed by atoms with Gasteiger partial charge < -0.3 is 19.2 Å². The van der Waals surface area contributed by atoms with Crippen LogP contribution in [-0.4, -0.2) is 23.6 Å². The van der Waals surface area contributed by atoms with Crippen LogP contribution < -0.4 is 15.9 Å². The lowest BCUT2D eigenvalue weighted by Gasteiger charge is -2.18. The van der Waals surface area contributed by atoms with E-state index in [2.05, 4.69) is 175 Å². The van der Waals surface area contributed by atoms with Crippen molar-refractivity contribution in [2.24, 2.45) is 0 Å². The molecule has 1 N–H and O–H groups in total. The maximum absolute atomic E-state index is 6.71. The summed E-state index contributed by atoms with van der Waals surface area (Å²) in [5.74, 6) is 0.0696. The summed E-state index contributed by atoms with van der Waals surface area (Å²) in [6, 6.07) is 40.7. The highest BCUT2D eigenvalue weighted by molar-refractivity contribution is 6.14. The van der Waals surface area contributed by atoms with Gasteiger partial charge in [0, 0.05) is 59.0 Å². The predicted octanol–water partition coefficient (Wildman–Crippen LogP) is 10.3. The normalized spacial score (nSPS) is 16.4. The molecule has 4 heteroatoms. The van der Waals surface area contributed by atoms with Crippen LogP contribution in [0.3, 0.4) is 0 Å². The van der Waals surface area contributed by atoms with Crippen LogP contribution in [0.1, 0.15) is 35.4 Å². The molecule has 1 unspecified atom stereocenters. The van der Waals surface area contributed by atoms with E-state index in [0.717, 1.165) is 84.3 Å². The number of hydrogen-bond donors (Lipinski definition) is 1. The van der Waals surface area contributed by atoms with Crippen molar-refractivity contribution in [3.63, 3.8) is 0 Å². The Hall–Kier alpha value is -6.26. The molecule has 0 spiro atoms. The predicted molar refractivity (Wildman–Crippen MR) is 216 cm³/mol. The number of furan rings is 1. The standard InChI is InChI=1S/C47H41N3O/c1-32-15-12-13-28-49(4)31-44-42(29-33(32)2)40-26-27-41-39-21-9-11-23-45(39)51-47(41)46(40)50(44)36-19-14-16-34(30-36)24-25-37(35-17-6-5-7-18-35)38-20-8-10-22-43(38)48-3/h5-11,13-14,16-31,37,48H,1-2,12,15H2,3-4H3/b25-24?,28-13-,42-29-,44-31+. The third-order valence-electron chi connectivity index (χ3n) is 9.94. The van der Waals surface area contributed by atoms with Crippen molar-refractivity contribution >= 4 is 56.9 Å². The van der Waals surface area contributed by atoms with Gasteiger partial charge in [-0.2, -0.15) is 0 Å². The minimum absolute atomic E-state index is 0.0696. The Labute approximate surface area is 299 Å². The zero-order valence-electron chi connectivity index (χ0n) is 29.1. The molecule has 0 bridgehead atoms. The summed E-state index contributed by atoms with van der Waals surface area (Å²) in [6.07, 6.45) is 15.1. The Morgan fingerprint density at radius 2 is 1.61 bits per heavy atom.